The summed E-state index contributed by atoms with van der Waals surface area (Å²) in [4.78, 5) is 0. The fourth-order valence-corrected chi connectivity index (χ4v) is 2.95. The molecular formula is C24H34O. The van der Waals surface area contributed by atoms with E-state index in [1.54, 1.807) is 0 Å². The maximum absolute atomic E-state index is 4.85. The minimum Gasteiger partial charge on any atom is -0.499 e. The molecule has 0 saturated heterocycles. The van der Waals surface area contributed by atoms with Gasteiger partial charge in [0.25, 0.3) is 0 Å². The summed E-state index contributed by atoms with van der Waals surface area (Å²) >= 11 is 0. The molecule has 0 aromatic rings. The van der Waals surface area contributed by atoms with Crippen LogP contribution in [0.1, 0.15) is 66.2 Å². The molecule has 0 amide bonds. The highest BCUT2D eigenvalue weighted by molar-refractivity contribution is 5.43. The van der Waals surface area contributed by atoms with E-state index in [-0.39, 0.29) is 0 Å². The van der Waals surface area contributed by atoms with Crippen molar-refractivity contribution < 1.29 is 4.74 Å². The lowest BCUT2D eigenvalue weighted by atomic mass is 9.80. The molecular weight excluding hydrogens is 304 g/mol. The van der Waals surface area contributed by atoms with E-state index < -0.39 is 0 Å². The highest BCUT2D eigenvalue weighted by Crippen LogP contribution is 2.38. The standard InChI is InChI=1S/C19H24.C5H10O/c1-19(2)16-9-5-8-14-18(19)15-10-13-17-11-6-3-4-7-12-17;1-4-6-5(2)3/h3-4,6,11-12,15H,5,7-9,14,16H2,1-2H3;2,4H2,1,3H3/b18-15+;. The molecule has 1 fully saturated rings. The van der Waals surface area contributed by atoms with Crippen LogP contribution in [0, 0.1) is 17.3 Å². The van der Waals surface area contributed by atoms with E-state index in [2.05, 4.69) is 68.7 Å². The van der Waals surface area contributed by atoms with E-state index in [9.17, 15) is 0 Å². The number of rotatable bonds is 2. The molecule has 1 heteroatoms. The summed E-state index contributed by atoms with van der Waals surface area (Å²) in [6, 6.07) is 0. The van der Waals surface area contributed by atoms with Crippen molar-refractivity contribution in [1.82, 2.24) is 0 Å². The SMILES string of the molecule is C=C(C)OCC.CC1(C)CCCCC/C1=C\C#CC1=CCC=CC=C1. The molecule has 0 aromatic heterocycles. The lowest BCUT2D eigenvalue weighted by Crippen LogP contribution is -2.12. The number of hydrogen-bond donors (Lipinski definition) is 0. The predicted octanol–water partition coefficient (Wildman–Crippen LogP) is 6.91. The Morgan fingerprint density at radius 2 is 2.08 bits per heavy atom. The average molecular weight is 339 g/mol. The van der Waals surface area contributed by atoms with Crippen LogP contribution in [0.4, 0.5) is 0 Å². The van der Waals surface area contributed by atoms with Crippen LogP contribution in [0.15, 0.2) is 59.9 Å². The van der Waals surface area contributed by atoms with Gasteiger partial charge in [-0.05, 0) is 57.1 Å². The summed E-state index contributed by atoms with van der Waals surface area (Å²) in [6.07, 6.45) is 20.3. The van der Waals surface area contributed by atoms with Gasteiger partial charge in [-0.15, -0.1) is 0 Å². The quantitative estimate of drug-likeness (QED) is 0.302. The second kappa shape index (κ2) is 11.6. The van der Waals surface area contributed by atoms with Crippen molar-refractivity contribution in [2.75, 3.05) is 6.61 Å². The summed E-state index contributed by atoms with van der Waals surface area (Å²) < 4.78 is 4.85. The third kappa shape index (κ3) is 9.20. The molecule has 0 unspecified atom stereocenters. The fraction of sp³-hybridized carbons (Fsp3) is 0.500. The second-order valence-electron chi connectivity index (χ2n) is 7.20. The Morgan fingerprint density at radius 3 is 2.76 bits per heavy atom. The summed E-state index contributed by atoms with van der Waals surface area (Å²) in [5.74, 6) is 7.34. The first kappa shape index (κ1) is 21.1. The molecule has 0 spiro atoms. The van der Waals surface area contributed by atoms with Gasteiger partial charge < -0.3 is 4.74 Å². The van der Waals surface area contributed by atoms with Gasteiger partial charge in [0.1, 0.15) is 0 Å². The lowest BCUT2D eigenvalue weighted by Gasteiger charge is -2.25. The van der Waals surface area contributed by atoms with Crippen molar-refractivity contribution in [1.29, 1.82) is 0 Å². The van der Waals surface area contributed by atoms with E-state index in [0.29, 0.717) is 5.41 Å². The molecule has 0 bridgehead atoms. The van der Waals surface area contributed by atoms with Gasteiger partial charge in [-0.25, -0.2) is 0 Å². The van der Waals surface area contributed by atoms with E-state index in [0.717, 1.165) is 24.4 Å². The van der Waals surface area contributed by atoms with Gasteiger partial charge in [0.15, 0.2) is 0 Å². The van der Waals surface area contributed by atoms with Gasteiger partial charge in [0.2, 0.25) is 0 Å². The average Bonchev–Trinajstić information content (AvgIpc) is 2.89. The third-order valence-electron chi connectivity index (χ3n) is 4.47. The molecule has 0 aromatic carbocycles. The summed E-state index contributed by atoms with van der Waals surface area (Å²) in [7, 11) is 0. The zero-order valence-electron chi connectivity index (χ0n) is 16.5. The maximum Gasteiger partial charge on any atom is 0.0857 e. The Bertz CT molecular complexity index is 600. The van der Waals surface area contributed by atoms with Crippen LogP contribution in [-0.2, 0) is 4.74 Å². The molecule has 25 heavy (non-hydrogen) atoms. The van der Waals surface area contributed by atoms with Crippen molar-refractivity contribution >= 4 is 0 Å². The van der Waals surface area contributed by atoms with Crippen LogP contribution in [0.2, 0.25) is 0 Å². The van der Waals surface area contributed by atoms with Crippen LogP contribution >= 0.6 is 0 Å². The Hall–Kier alpha value is -1.94. The lowest BCUT2D eigenvalue weighted by molar-refractivity contribution is 0.233. The van der Waals surface area contributed by atoms with Gasteiger partial charge in [-0.2, -0.15) is 0 Å². The second-order valence-corrected chi connectivity index (χ2v) is 7.20. The number of hydrogen-bond acceptors (Lipinski definition) is 1. The first-order valence-electron chi connectivity index (χ1n) is 9.48. The summed E-state index contributed by atoms with van der Waals surface area (Å²) in [5, 5.41) is 0. The topological polar surface area (TPSA) is 9.23 Å². The van der Waals surface area contributed by atoms with Crippen LogP contribution in [0.25, 0.3) is 0 Å². The smallest absolute Gasteiger partial charge is 0.0857 e. The van der Waals surface area contributed by atoms with E-state index in [1.807, 2.05) is 13.8 Å². The Kier molecular flexibility index (Phi) is 9.78. The van der Waals surface area contributed by atoms with Crippen LogP contribution in [0.5, 0.6) is 0 Å². The van der Waals surface area contributed by atoms with Gasteiger partial charge in [0.05, 0.1) is 12.4 Å². The van der Waals surface area contributed by atoms with Gasteiger partial charge >= 0.3 is 0 Å². The van der Waals surface area contributed by atoms with E-state index in [4.69, 9.17) is 4.74 Å². The monoisotopic (exact) mass is 338 g/mol. The van der Waals surface area contributed by atoms with E-state index in [1.165, 1.54) is 37.7 Å². The van der Waals surface area contributed by atoms with Gasteiger partial charge in [0, 0.05) is 5.57 Å². The van der Waals surface area contributed by atoms with E-state index >= 15 is 0 Å². The normalized spacial score (nSPS) is 20.2. The zero-order valence-corrected chi connectivity index (χ0v) is 16.5. The minimum atomic E-state index is 0.334. The van der Waals surface area contributed by atoms with Crippen molar-refractivity contribution in [2.24, 2.45) is 5.41 Å². The first-order valence-corrected chi connectivity index (χ1v) is 9.48. The molecule has 0 atom stereocenters. The van der Waals surface area contributed by atoms with Crippen molar-refractivity contribution in [3.8, 4) is 11.8 Å². The molecule has 1 saturated carbocycles. The van der Waals surface area contributed by atoms with Crippen molar-refractivity contribution in [3.63, 3.8) is 0 Å². The van der Waals surface area contributed by atoms with Crippen molar-refractivity contribution in [3.05, 3.63) is 59.9 Å². The van der Waals surface area contributed by atoms with Crippen LogP contribution in [-0.4, -0.2) is 6.61 Å². The summed E-state index contributed by atoms with van der Waals surface area (Å²) in [5.41, 5.74) is 3.00. The fourth-order valence-electron chi connectivity index (χ4n) is 2.95. The predicted molar refractivity (Wildman–Crippen MR) is 110 cm³/mol. The Labute approximate surface area is 155 Å². The highest BCUT2D eigenvalue weighted by Gasteiger charge is 2.24. The Morgan fingerprint density at radius 1 is 1.28 bits per heavy atom. The largest absolute Gasteiger partial charge is 0.499 e. The van der Waals surface area contributed by atoms with Crippen LogP contribution < -0.4 is 0 Å². The molecule has 0 heterocycles. The molecule has 2 aliphatic rings. The third-order valence-corrected chi connectivity index (χ3v) is 4.47. The van der Waals surface area contributed by atoms with Crippen molar-refractivity contribution in [2.45, 2.75) is 66.2 Å². The molecule has 0 N–H and O–H groups in total. The zero-order chi connectivity index (χ0) is 18.5. The molecule has 0 radical (unpaired) electrons. The minimum absolute atomic E-state index is 0.334. The van der Waals surface area contributed by atoms with Crippen LogP contribution in [0.3, 0.4) is 0 Å². The first-order chi connectivity index (χ1) is 12.0. The molecule has 1 nitrogen and oxygen atoms in total. The Balaban J connectivity index is 0.000000450. The van der Waals surface area contributed by atoms with Gasteiger partial charge in [-0.3, -0.25) is 0 Å². The molecule has 2 aliphatic carbocycles. The molecule has 0 aliphatic heterocycles. The summed E-state index contributed by atoms with van der Waals surface area (Å²) in [6.45, 7) is 12.8. The number of ether oxygens (including phenoxy) is 1. The molecule has 136 valence electrons. The maximum atomic E-state index is 4.85. The molecule has 2 rings (SSSR count). The number of allylic oxidation sites excluding steroid dienone is 9. The van der Waals surface area contributed by atoms with Gasteiger partial charge in [-0.1, -0.05) is 75.0 Å². The highest BCUT2D eigenvalue weighted by atomic mass is 16.5.